The maximum atomic E-state index is 12.5. The van der Waals surface area contributed by atoms with Crippen molar-refractivity contribution in [1.29, 1.82) is 5.26 Å². The number of nitrogens with zero attached hydrogens (tertiary/aromatic N) is 3. The van der Waals surface area contributed by atoms with Crippen LogP contribution in [0.3, 0.4) is 0 Å². The smallest absolute Gasteiger partial charge is 0.244 e. The number of carbonyl (C=O) groups excluding carboxylic acids is 1. The number of hydrogen-bond donors (Lipinski definition) is 1. The first-order valence-corrected chi connectivity index (χ1v) is 6.80. The second kappa shape index (κ2) is 5.43. The highest BCUT2D eigenvalue weighted by Crippen LogP contribution is 2.35. The van der Waals surface area contributed by atoms with Crippen molar-refractivity contribution >= 4 is 11.6 Å². The van der Waals surface area contributed by atoms with Crippen LogP contribution in [0, 0.1) is 23.7 Å². The van der Waals surface area contributed by atoms with Crippen molar-refractivity contribution in [2.75, 3.05) is 5.32 Å². The van der Waals surface area contributed by atoms with Gasteiger partial charge < -0.3 is 5.32 Å². The van der Waals surface area contributed by atoms with E-state index < -0.39 is 5.41 Å². The lowest BCUT2D eigenvalue weighted by Gasteiger charge is -2.23. The van der Waals surface area contributed by atoms with Gasteiger partial charge in [-0.3, -0.25) is 9.48 Å². The summed E-state index contributed by atoms with van der Waals surface area (Å²) in [6.45, 7) is 1.85. The van der Waals surface area contributed by atoms with Crippen molar-refractivity contribution in [2.24, 2.45) is 12.5 Å². The quantitative estimate of drug-likeness (QED) is 0.831. The first kappa shape index (κ1) is 13.6. The van der Waals surface area contributed by atoms with Gasteiger partial charge in [-0.2, -0.15) is 10.4 Å². The molecule has 1 aliphatic carbocycles. The molecular weight excluding hydrogens is 240 g/mol. The van der Waals surface area contributed by atoms with Crippen LogP contribution >= 0.6 is 0 Å². The second-order valence-corrected chi connectivity index (χ2v) is 5.36. The molecule has 1 heterocycles. The summed E-state index contributed by atoms with van der Waals surface area (Å²) in [5, 5.41) is 16.5. The van der Waals surface area contributed by atoms with Crippen molar-refractivity contribution in [2.45, 2.75) is 45.4 Å². The molecule has 0 aromatic carbocycles. The van der Waals surface area contributed by atoms with E-state index in [-0.39, 0.29) is 5.91 Å². The monoisotopic (exact) mass is 260 g/mol. The van der Waals surface area contributed by atoms with Gasteiger partial charge in [0, 0.05) is 13.2 Å². The van der Waals surface area contributed by atoms with E-state index >= 15 is 0 Å². The van der Waals surface area contributed by atoms with Gasteiger partial charge in [-0.15, -0.1) is 0 Å². The fourth-order valence-electron chi connectivity index (χ4n) is 2.69. The first-order chi connectivity index (χ1) is 9.07. The van der Waals surface area contributed by atoms with Crippen LogP contribution in [-0.2, 0) is 11.8 Å². The number of amides is 1. The Balaban J connectivity index is 2.17. The van der Waals surface area contributed by atoms with E-state index in [4.69, 9.17) is 0 Å². The minimum absolute atomic E-state index is 0.173. The summed E-state index contributed by atoms with van der Waals surface area (Å²) < 4.78 is 1.66. The number of aryl methyl sites for hydroxylation is 2. The molecule has 102 valence electrons. The molecule has 0 spiro atoms. The zero-order valence-corrected chi connectivity index (χ0v) is 11.6. The van der Waals surface area contributed by atoms with E-state index in [2.05, 4.69) is 16.5 Å². The molecule has 0 bridgehead atoms. The lowest BCUT2D eigenvalue weighted by molar-refractivity contribution is -0.123. The summed E-state index contributed by atoms with van der Waals surface area (Å²) in [5.74, 6) is -0.173. The topological polar surface area (TPSA) is 70.7 Å². The molecule has 1 aromatic heterocycles. The predicted molar refractivity (Wildman–Crippen MR) is 72.3 cm³/mol. The Morgan fingerprint density at radius 3 is 2.53 bits per heavy atom. The second-order valence-electron chi connectivity index (χ2n) is 5.36. The Morgan fingerprint density at radius 2 is 2.05 bits per heavy atom. The normalized spacial score (nSPS) is 18.4. The molecule has 1 aliphatic rings. The summed E-state index contributed by atoms with van der Waals surface area (Å²) in [4.78, 5) is 12.5. The number of anilines is 1. The number of nitriles is 1. The highest BCUT2D eigenvalue weighted by molar-refractivity contribution is 5.97. The molecule has 0 atom stereocenters. The van der Waals surface area contributed by atoms with Gasteiger partial charge in [0.15, 0.2) is 0 Å². The fraction of sp³-hybridized carbons (Fsp3) is 0.643. The van der Waals surface area contributed by atoms with Crippen LogP contribution in [0.1, 0.15) is 44.2 Å². The fourth-order valence-corrected chi connectivity index (χ4v) is 2.69. The van der Waals surface area contributed by atoms with Crippen LogP contribution in [0.4, 0.5) is 5.69 Å². The Morgan fingerprint density at radius 1 is 1.42 bits per heavy atom. The molecule has 0 unspecified atom stereocenters. The molecule has 0 saturated heterocycles. The minimum atomic E-state index is -0.862. The average Bonchev–Trinajstić information content (AvgIpc) is 2.59. The zero-order chi connectivity index (χ0) is 13.9. The summed E-state index contributed by atoms with van der Waals surface area (Å²) in [6.07, 6.45) is 7.23. The van der Waals surface area contributed by atoms with E-state index in [0.29, 0.717) is 18.5 Å². The third-order valence-electron chi connectivity index (χ3n) is 3.87. The number of carbonyl (C=O) groups is 1. The Bertz CT molecular complexity index is 504. The van der Waals surface area contributed by atoms with Crippen molar-refractivity contribution < 1.29 is 4.79 Å². The van der Waals surface area contributed by atoms with Gasteiger partial charge in [-0.25, -0.2) is 0 Å². The Kier molecular flexibility index (Phi) is 3.89. The maximum absolute atomic E-state index is 12.5. The van der Waals surface area contributed by atoms with Gasteiger partial charge in [-0.05, 0) is 19.8 Å². The highest BCUT2D eigenvalue weighted by atomic mass is 16.2. The molecule has 0 radical (unpaired) electrons. The van der Waals surface area contributed by atoms with Crippen LogP contribution < -0.4 is 5.32 Å². The summed E-state index contributed by atoms with van der Waals surface area (Å²) in [5.41, 5.74) is 0.614. The van der Waals surface area contributed by atoms with Crippen LogP contribution in [0.2, 0.25) is 0 Å². The number of rotatable bonds is 2. The summed E-state index contributed by atoms with van der Waals surface area (Å²) in [7, 11) is 1.81. The van der Waals surface area contributed by atoms with Crippen molar-refractivity contribution in [3.05, 3.63) is 11.9 Å². The molecule has 1 aromatic rings. The molecule has 5 nitrogen and oxygen atoms in total. The molecular formula is C14H20N4O. The predicted octanol–water partition coefficient (Wildman–Crippen LogP) is 2.53. The van der Waals surface area contributed by atoms with E-state index in [1.165, 1.54) is 0 Å². The Labute approximate surface area is 113 Å². The summed E-state index contributed by atoms with van der Waals surface area (Å²) in [6, 6.07) is 2.26. The SMILES string of the molecule is Cc1nn(C)cc1NC(=O)C1(C#N)CCCCCC1. The highest BCUT2D eigenvalue weighted by Gasteiger charge is 2.39. The lowest BCUT2D eigenvalue weighted by atomic mass is 9.81. The molecule has 1 amide bonds. The van der Waals surface area contributed by atoms with Crippen molar-refractivity contribution in [3.63, 3.8) is 0 Å². The number of aromatic nitrogens is 2. The largest absolute Gasteiger partial charge is 0.322 e. The van der Waals surface area contributed by atoms with Gasteiger partial charge in [0.25, 0.3) is 0 Å². The van der Waals surface area contributed by atoms with Crippen LogP contribution in [0.15, 0.2) is 6.20 Å². The maximum Gasteiger partial charge on any atom is 0.244 e. The Hall–Kier alpha value is -1.83. The molecule has 0 aliphatic heterocycles. The van der Waals surface area contributed by atoms with Gasteiger partial charge in [0.1, 0.15) is 5.41 Å². The standard InChI is InChI=1S/C14H20N4O/c1-11-12(9-18(2)17-11)16-13(19)14(10-15)7-5-3-4-6-8-14/h9H,3-8H2,1-2H3,(H,16,19). The van der Waals surface area contributed by atoms with Crippen LogP contribution in [0.25, 0.3) is 0 Å². The molecule has 5 heteroatoms. The first-order valence-electron chi connectivity index (χ1n) is 6.80. The number of nitrogens with one attached hydrogen (secondary N) is 1. The zero-order valence-electron chi connectivity index (χ0n) is 11.6. The summed E-state index contributed by atoms with van der Waals surface area (Å²) >= 11 is 0. The van der Waals surface area contributed by atoms with Crippen molar-refractivity contribution in [1.82, 2.24) is 9.78 Å². The lowest BCUT2D eigenvalue weighted by Crippen LogP contribution is -2.34. The van der Waals surface area contributed by atoms with E-state index in [9.17, 15) is 10.1 Å². The van der Waals surface area contributed by atoms with E-state index in [0.717, 1.165) is 31.4 Å². The third kappa shape index (κ3) is 2.78. The molecule has 1 fully saturated rings. The van der Waals surface area contributed by atoms with Gasteiger partial charge in [-0.1, -0.05) is 25.7 Å². The third-order valence-corrected chi connectivity index (χ3v) is 3.87. The molecule has 19 heavy (non-hydrogen) atoms. The number of hydrogen-bond acceptors (Lipinski definition) is 3. The van der Waals surface area contributed by atoms with Crippen LogP contribution in [0.5, 0.6) is 0 Å². The molecule has 1 saturated carbocycles. The average molecular weight is 260 g/mol. The van der Waals surface area contributed by atoms with Gasteiger partial charge in [0.2, 0.25) is 5.91 Å². The molecule has 1 N–H and O–H groups in total. The van der Waals surface area contributed by atoms with Crippen LogP contribution in [-0.4, -0.2) is 15.7 Å². The van der Waals surface area contributed by atoms with Gasteiger partial charge >= 0.3 is 0 Å². The minimum Gasteiger partial charge on any atom is -0.322 e. The van der Waals surface area contributed by atoms with Crippen molar-refractivity contribution in [3.8, 4) is 6.07 Å². The van der Waals surface area contributed by atoms with E-state index in [1.807, 2.05) is 14.0 Å². The van der Waals surface area contributed by atoms with Gasteiger partial charge in [0.05, 0.1) is 17.5 Å². The van der Waals surface area contributed by atoms with E-state index in [1.54, 1.807) is 10.9 Å². The molecule has 2 rings (SSSR count).